The van der Waals surface area contributed by atoms with E-state index in [0.29, 0.717) is 0 Å². The lowest BCUT2D eigenvalue weighted by atomic mass is 10.3. The largest absolute Gasteiger partial charge is 0.359 e. The number of nitrogens with one attached hydrogen (secondary N) is 2. The second kappa shape index (κ2) is 4.68. The third-order valence-electron chi connectivity index (χ3n) is 2.94. The number of imidazole rings is 1. The van der Waals surface area contributed by atoms with Crippen LogP contribution in [0.1, 0.15) is 24.5 Å². The standard InChI is InChI=1S/C14H15N5/c1-9-7-15-8-13(16-9)17-10(2)14-18-11-5-3-4-6-12(11)19-14/h3-8,10H,1-2H3,(H,16,17)(H,18,19). The van der Waals surface area contributed by atoms with Crippen LogP contribution in [-0.4, -0.2) is 19.9 Å². The first kappa shape index (κ1) is 11.6. The molecule has 0 aliphatic rings. The summed E-state index contributed by atoms with van der Waals surface area (Å²) < 4.78 is 0. The third-order valence-corrected chi connectivity index (χ3v) is 2.94. The molecule has 0 saturated carbocycles. The summed E-state index contributed by atoms with van der Waals surface area (Å²) in [4.78, 5) is 16.4. The molecule has 0 amide bonds. The number of aromatic nitrogens is 4. The fraction of sp³-hybridized carbons (Fsp3) is 0.214. The van der Waals surface area contributed by atoms with Crippen molar-refractivity contribution < 1.29 is 0 Å². The molecule has 2 heterocycles. The lowest BCUT2D eigenvalue weighted by molar-refractivity contribution is 0.805. The van der Waals surface area contributed by atoms with Crippen LogP contribution in [0.4, 0.5) is 5.82 Å². The zero-order chi connectivity index (χ0) is 13.2. The molecular weight excluding hydrogens is 238 g/mol. The lowest BCUT2D eigenvalue weighted by Gasteiger charge is -2.11. The smallest absolute Gasteiger partial charge is 0.145 e. The maximum atomic E-state index is 4.56. The molecule has 1 unspecified atom stereocenters. The Hall–Kier alpha value is -2.43. The van der Waals surface area contributed by atoms with Crippen LogP contribution in [0, 0.1) is 6.92 Å². The number of fused-ring (bicyclic) bond motifs is 1. The molecule has 0 spiro atoms. The molecule has 0 bridgehead atoms. The maximum Gasteiger partial charge on any atom is 0.145 e. The third kappa shape index (κ3) is 2.40. The highest BCUT2D eigenvalue weighted by Crippen LogP contribution is 2.18. The summed E-state index contributed by atoms with van der Waals surface area (Å²) in [6.07, 6.45) is 3.45. The normalized spacial score (nSPS) is 12.5. The Morgan fingerprint density at radius 3 is 2.79 bits per heavy atom. The van der Waals surface area contributed by atoms with E-state index >= 15 is 0 Å². The van der Waals surface area contributed by atoms with E-state index in [1.807, 2.05) is 38.1 Å². The van der Waals surface area contributed by atoms with Crippen molar-refractivity contribution in [2.24, 2.45) is 0 Å². The Labute approximate surface area is 111 Å². The van der Waals surface area contributed by atoms with Crippen LogP contribution in [0.5, 0.6) is 0 Å². The Morgan fingerprint density at radius 1 is 1.16 bits per heavy atom. The Morgan fingerprint density at radius 2 is 2.00 bits per heavy atom. The summed E-state index contributed by atoms with van der Waals surface area (Å²) in [6, 6.07) is 8.04. The predicted octanol–water partition coefficient (Wildman–Crippen LogP) is 2.83. The first-order valence-corrected chi connectivity index (χ1v) is 6.22. The molecule has 5 nitrogen and oxygen atoms in total. The van der Waals surface area contributed by atoms with Crippen molar-refractivity contribution in [3.8, 4) is 0 Å². The van der Waals surface area contributed by atoms with E-state index in [4.69, 9.17) is 0 Å². The second-order valence-corrected chi connectivity index (χ2v) is 4.55. The molecule has 19 heavy (non-hydrogen) atoms. The minimum absolute atomic E-state index is 0.0449. The minimum atomic E-state index is 0.0449. The SMILES string of the molecule is Cc1cncc(NC(C)c2nc3ccccc3[nH]2)n1. The number of hydrogen-bond donors (Lipinski definition) is 2. The highest BCUT2D eigenvalue weighted by Gasteiger charge is 2.11. The number of aromatic amines is 1. The van der Waals surface area contributed by atoms with Gasteiger partial charge in [-0.15, -0.1) is 0 Å². The zero-order valence-electron chi connectivity index (χ0n) is 10.9. The summed E-state index contributed by atoms with van der Waals surface area (Å²) in [5, 5.41) is 3.29. The van der Waals surface area contributed by atoms with Crippen LogP contribution in [0.15, 0.2) is 36.7 Å². The predicted molar refractivity (Wildman–Crippen MR) is 74.9 cm³/mol. The van der Waals surface area contributed by atoms with Gasteiger partial charge in [-0.3, -0.25) is 4.98 Å². The highest BCUT2D eigenvalue weighted by molar-refractivity contribution is 5.74. The van der Waals surface area contributed by atoms with Crippen molar-refractivity contribution in [3.63, 3.8) is 0 Å². The number of benzene rings is 1. The van der Waals surface area contributed by atoms with E-state index in [-0.39, 0.29) is 6.04 Å². The van der Waals surface area contributed by atoms with Gasteiger partial charge in [-0.05, 0) is 26.0 Å². The molecular formula is C14H15N5. The van der Waals surface area contributed by atoms with Gasteiger partial charge in [0.25, 0.3) is 0 Å². The van der Waals surface area contributed by atoms with Crippen LogP contribution in [0.3, 0.4) is 0 Å². The number of hydrogen-bond acceptors (Lipinski definition) is 4. The van der Waals surface area contributed by atoms with Gasteiger partial charge >= 0.3 is 0 Å². The van der Waals surface area contributed by atoms with Crippen molar-refractivity contribution in [1.29, 1.82) is 0 Å². The van der Waals surface area contributed by atoms with E-state index in [9.17, 15) is 0 Å². The summed E-state index contributed by atoms with van der Waals surface area (Å²) in [5.41, 5.74) is 2.91. The Balaban J connectivity index is 1.85. The first-order valence-electron chi connectivity index (χ1n) is 6.22. The average molecular weight is 253 g/mol. The van der Waals surface area contributed by atoms with Gasteiger partial charge in [0.15, 0.2) is 0 Å². The maximum absolute atomic E-state index is 4.56. The average Bonchev–Trinajstić information content (AvgIpc) is 2.82. The van der Waals surface area contributed by atoms with Crippen molar-refractivity contribution >= 4 is 16.9 Å². The monoisotopic (exact) mass is 253 g/mol. The van der Waals surface area contributed by atoms with Crippen molar-refractivity contribution in [1.82, 2.24) is 19.9 Å². The zero-order valence-corrected chi connectivity index (χ0v) is 10.9. The molecule has 0 radical (unpaired) electrons. The quantitative estimate of drug-likeness (QED) is 0.753. The van der Waals surface area contributed by atoms with Crippen molar-refractivity contribution in [3.05, 3.63) is 48.2 Å². The summed E-state index contributed by atoms with van der Waals surface area (Å²) in [7, 11) is 0. The van der Waals surface area contributed by atoms with Gasteiger partial charge in [0.1, 0.15) is 11.6 Å². The molecule has 2 N–H and O–H groups in total. The van der Waals surface area contributed by atoms with E-state index in [0.717, 1.165) is 28.4 Å². The molecule has 0 fully saturated rings. The van der Waals surface area contributed by atoms with Crippen LogP contribution in [-0.2, 0) is 0 Å². The minimum Gasteiger partial charge on any atom is -0.359 e. The number of para-hydroxylation sites is 2. The highest BCUT2D eigenvalue weighted by atomic mass is 15.1. The topological polar surface area (TPSA) is 66.5 Å². The number of nitrogens with zero attached hydrogens (tertiary/aromatic N) is 3. The Kier molecular flexibility index (Phi) is 2.87. The molecule has 0 aliphatic carbocycles. The van der Waals surface area contributed by atoms with Gasteiger partial charge in [0.05, 0.1) is 29.0 Å². The molecule has 0 aliphatic heterocycles. The van der Waals surface area contributed by atoms with Crippen molar-refractivity contribution in [2.75, 3.05) is 5.32 Å². The van der Waals surface area contributed by atoms with Gasteiger partial charge in [-0.2, -0.15) is 0 Å². The molecule has 96 valence electrons. The molecule has 3 rings (SSSR count). The van der Waals surface area contributed by atoms with Gasteiger partial charge in [0, 0.05) is 6.20 Å². The van der Waals surface area contributed by atoms with E-state index in [2.05, 4.69) is 25.3 Å². The molecule has 3 aromatic rings. The van der Waals surface area contributed by atoms with E-state index < -0.39 is 0 Å². The van der Waals surface area contributed by atoms with Gasteiger partial charge in [-0.25, -0.2) is 9.97 Å². The second-order valence-electron chi connectivity index (χ2n) is 4.55. The van der Waals surface area contributed by atoms with Crippen LogP contribution in [0.25, 0.3) is 11.0 Å². The van der Waals surface area contributed by atoms with Crippen molar-refractivity contribution in [2.45, 2.75) is 19.9 Å². The number of H-pyrrole nitrogens is 1. The number of aryl methyl sites for hydroxylation is 1. The molecule has 1 atom stereocenters. The molecule has 1 aromatic carbocycles. The van der Waals surface area contributed by atoms with Gasteiger partial charge < -0.3 is 10.3 Å². The summed E-state index contributed by atoms with van der Waals surface area (Å²) in [6.45, 7) is 3.96. The Bertz CT molecular complexity index is 671. The van der Waals surface area contributed by atoms with Crippen LogP contribution in [0.2, 0.25) is 0 Å². The fourth-order valence-corrected chi connectivity index (χ4v) is 2.00. The lowest BCUT2D eigenvalue weighted by Crippen LogP contribution is -2.10. The van der Waals surface area contributed by atoms with Crippen LogP contribution >= 0.6 is 0 Å². The molecule has 2 aromatic heterocycles. The summed E-state index contributed by atoms with van der Waals surface area (Å²) >= 11 is 0. The summed E-state index contributed by atoms with van der Waals surface area (Å²) in [5.74, 6) is 1.65. The molecule has 0 saturated heterocycles. The van der Waals surface area contributed by atoms with Gasteiger partial charge in [-0.1, -0.05) is 12.1 Å². The number of rotatable bonds is 3. The van der Waals surface area contributed by atoms with E-state index in [1.54, 1.807) is 12.4 Å². The number of anilines is 1. The van der Waals surface area contributed by atoms with Gasteiger partial charge in [0.2, 0.25) is 0 Å². The van der Waals surface area contributed by atoms with Crippen LogP contribution < -0.4 is 5.32 Å². The van der Waals surface area contributed by atoms with E-state index in [1.165, 1.54) is 0 Å². The molecule has 5 heteroatoms. The first-order chi connectivity index (χ1) is 9.22. The fourth-order valence-electron chi connectivity index (χ4n) is 2.00.